The number of benzene rings is 2. The fourth-order valence-corrected chi connectivity index (χ4v) is 2.24. The summed E-state index contributed by atoms with van der Waals surface area (Å²) in [5.74, 6) is 0. The first-order valence-corrected chi connectivity index (χ1v) is 12.3. The van der Waals surface area contributed by atoms with Gasteiger partial charge in [-0.3, -0.25) is 6.08 Å². The van der Waals surface area contributed by atoms with Crippen LogP contribution in [0.1, 0.15) is 6.42 Å². The van der Waals surface area contributed by atoms with Crippen molar-refractivity contribution in [3.63, 3.8) is 0 Å². The summed E-state index contributed by atoms with van der Waals surface area (Å²) >= 11 is 2.27. The van der Waals surface area contributed by atoms with Crippen molar-refractivity contribution in [1.82, 2.24) is 0 Å². The van der Waals surface area contributed by atoms with E-state index in [2.05, 4.69) is 99.0 Å². The van der Waals surface area contributed by atoms with Gasteiger partial charge in [0.2, 0.25) is 0 Å². The molecule has 0 aromatic heterocycles. The molecule has 1 aliphatic carbocycles. The second-order valence-corrected chi connectivity index (χ2v) is 12.0. The van der Waals surface area contributed by atoms with Gasteiger partial charge < -0.3 is 24.8 Å². The SMILES string of the molecule is C[Si](C)=[Ti+2].[C-]1=CC=CC1.[Cl-].[Cl-].c1ccc2c(c1)[cH-]c1ccccc12. The van der Waals surface area contributed by atoms with Gasteiger partial charge in [-0.1, -0.05) is 36.4 Å². The van der Waals surface area contributed by atoms with E-state index in [0.29, 0.717) is 0 Å². The fraction of sp³-hybridized carbons (Fsp3) is 0.150. The molecule has 0 unspecified atom stereocenters. The molecule has 4 heteroatoms. The molecule has 24 heavy (non-hydrogen) atoms. The van der Waals surface area contributed by atoms with Crippen LogP contribution in [0, 0.1) is 6.08 Å². The number of hydrogen-bond donors (Lipinski definition) is 0. The summed E-state index contributed by atoms with van der Waals surface area (Å²) in [6, 6.07) is 19.3. The van der Waals surface area contributed by atoms with E-state index in [9.17, 15) is 0 Å². The first-order chi connectivity index (χ1) is 10.7. The molecule has 3 aromatic rings. The average molecular weight is 407 g/mol. The summed E-state index contributed by atoms with van der Waals surface area (Å²) in [6.07, 6.45) is 10.1. The van der Waals surface area contributed by atoms with Crippen LogP contribution >= 0.6 is 0 Å². The molecule has 0 fully saturated rings. The van der Waals surface area contributed by atoms with Crippen molar-refractivity contribution in [3.8, 4) is 0 Å². The van der Waals surface area contributed by atoms with Crippen LogP contribution in [-0.4, -0.2) is 6.19 Å². The second-order valence-electron chi connectivity index (χ2n) is 5.32. The molecule has 1 aliphatic rings. The Morgan fingerprint density at radius 1 is 0.917 bits per heavy atom. The molecule has 0 aliphatic heterocycles. The number of allylic oxidation sites excluding steroid dienone is 4. The van der Waals surface area contributed by atoms with Crippen LogP contribution in [0.25, 0.3) is 21.5 Å². The smallest absolute Gasteiger partial charge is 0.0771 e. The molecule has 0 heterocycles. The monoisotopic (exact) mass is 406 g/mol. The molecule has 0 nitrogen and oxygen atoms in total. The Labute approximate surface area is 169 Å². The van der Waals surface area contributed by atoms with Crippen molar-refractivity contribution >= 4 is 27.7 Å². The van der Waals surface area contributed by atoms with Gasteiger partial charge >= 0.3 is 38.5 Å². The molecular formula is C20H20Cl2SiTi-2. The van der Waals surface area contributed by atoms with E-state index in [1.807, 2.05) is 12.2 Å². The summed E-state index contributed by atoms with van der Waals surface area (Å²) in [7, 11) is 0. The first-order valence-electron chi connectivity index (χ1n) is 7.45. The zero-order valence-corrected chi connectivity index (χ0v) is 18.0. The predicted molar refractivity (Wildman–Crippen MR) is 96.1 cm³/mol. The molecule has 0 bridgehead atoms. The Morgan fingerprint density at radius 3 is 1.71 bits per heavy atom. The maximum atomic E-state index is 2.99. The van der Waals surface area contributed by atoms with E-state index in [-0.39, 0.29) is 31.0 Å². The normalized spacial score (nSPS) is 10.8. The van der Waals surface area contributed by atoms with Crippen LogP contribution in [0.2, 0.25) is 13.1 Å². The van der Waals surface area contributed by atoms with Gasteiger partial charge in [-0.15, -0.1) is 46.2 Å². The molecular weight excluding hydrogens is 387 g/mol. The first kappa shape index (κ1) is 23.3. The van der Waals surface area contributed by atoms with Crippen LogP contribution in [0.3, 0.4) is 0 Å². The molecule has 0 amide bonds. The van der Waals surface area contributed by atoms with E-state index in [1.54, 1.807) is 0 Å². The molecule has 0 saturated carbocycles. The Morgan fingerprint density at radius 2 is 1.38 bits per heavy atom. The molecule has 0 radical (unpaired) electrons. The van der Waals surface area contributed by atoms with Crippen LogP contribution in [0.5, 0.6) is 0 Å². The standard InChI is InChI=1S/C13H9.C5H5.C2H6Si.2ClH.Ti/c1-3-7-12-10(5-1)9-11-6-2-4-8-13(11)12;1-2-4-5-3-1;1-3-2;;;/h1-9H;1-3H,4H2;1-2H3;2*1H;/q2*-1;;;;+2/p-2. The second kappa shape index (κ2) is 12.6. The van der Waals surface area contributed by atoms with Crippen LogP contribution in [0.15, 0.2) is 72.8 Å². The number of fused-ring (bicyclic) bond motifs is 3. The van der Waals surface area contributed by atoms with E-state index in [4.69, 9.17) is 0 Å². The summed E-state index contributed by atoms with van der Waals surface area (Å²) in [4.78, 5) is 0. The molecule has 3 aromatic carbocycles. The third-order valence-electron chi connectivity index (χ3n) is 3.11. The van der Waals surface area contributed by atoms with Gasteiger partial charge in [0.15, 0.2) is 0 Å². The van der Waals surface area contributed by atoms with Gasteiger partial charge in [0.1, 0.15) is 0 Å². The molecule has 0 spiro atoms. The summed E-state index contributed by atoms with van der Waals surface area (Å²) in [5, 5.41) is 5.39. The van der Waals surface area contributed by atoms with Gasteiger partial charge in [-0.2, -0.15) is 6.08 Å². The summed E-state index contributed by atoms with van der Waals surface area (Å²) in [5.41, 5.74) is 0. The van der Waals surface area contributed by atoms with Gasteiger partial charge in [-0.05, 0) is 0 Å². The third kappa shape index (κ3) is 7.46. The van der Waals surface area contributed by atoms with Crippen molar-refractivity contribution in [2.24, 2.45) is 0 Å². The summed E-state index contributed by atoms with van der Waals surface area (Å²) in [6.45, 7) is 4.54. The Kier molecular flexibility index (Phi) is 12.3. The van der Waals surface area contributed by atoms with Gasteiger partial charge in [-0.25, -0.2) is 12.2 Å². The molecule has 0 saturated heterocycles. The van der Waals surface area contributed by atoms with Crippen LogP contribution in [-0.2, 0) is 19.2 Å². The fourth-order valence-electron chi connectivity index (χ4n) is 2.24. The van der Waals surface area contributed by atoms with Crippen molar-refractivity contribution < 1.29 is 44.0 Å². The van der Waals surface area contributed by atoms with Crippen molar-refractivity contribution in [2.75, 3.05) is 0 Å². The Balaban J connectivity index is 0.000000409. The van der Waals surface area contributed by atoms with E-state index in [1.165, 1.54) is 21.5 Å². The van der Waals surface area contributed by atoms with E-state index >= 15 is 0 Å². The minimum atomic E-state index is 0. The molecule has 0 N–H and O–H groups in total. The molecule has 0 atom stereocenters. The zero-order valence-electron chi connectivity index (χ0n) is 13.9. The van der Waals surface area contributed by atoms with Crippen molar-refractivity contribution in [2.45, 2.75) is 19.5 Å². The third-order valence-corrected chi connectivity index (χ3v) is 3.11. The summed E-state index contributed by atoms with van der Waals surface area (Å²) < 4.78 is 0. The number of hydrogen-bond acceptors (Lipinski definition) is 0. The zero-order chi connectivity index (χ0) is 15.8. The largest absolute Gasteiger partial charge is 1.00 e. The topological polar surface area (TPSA) is 0 Å². The minimum absolute atomic E-state index is 0. The maximum Gasteiger partial charge on any atom is -0.0771 e. The average Bonchev–Trinajstić information content (AvgIpc) is 3.18. The molecule has 4 rings (SSSR count). The van der Waals surface area contributed by atoms with Crippen molar-refractivity contribution in [3.05, 3.63) is 78.9 Å². The number of rotatable bonds is 0. The predicted octanol–water partition coefficient (Wildman–Crippen LogP) is -0.190. The van der Waals surface area contributed by atoms with Crippen LogP contribution < -0.4 is 24.8 Å². The van der Waals surface area contributed by atoms with Gasteiger partial charge in [0, 0.05) is 0 Å². The van der Waals surface area contributed by atoms with Crippen molar-refractivity contribution in [1.29, 1.82) is 0 Å². The van der Waals surface area contributed by atoms with E-state index < -0.39 is 0 Å². The Hall–Kier alpha value is -0.699. The maximum absolute atomic E-state index is 2.99. The van der Waals surface area contributed by atoms with Gasteiger partial charge in [0.25, 0.3) is 0 Å². The van der Waals surface area contributed by atoms with E-state index in [0.717, 1.165) is 6.42 Å². The number of halogens is 2. The van der Waals surface area contributed by atoms with Crippen LogP contribution in [0.4, 0.5) is 0 Å². The van der Waals surface area contributed by atoms with Gasteiger partial charge in [0.05, 0.1) is 0 Å². The minimum Gasteiger partial charge on any atom is -1.00 e. The quantitative estimate of drug-likeness (QED) is 0.358. The molecule has 124 valence electrons. The Bertz CT molecular complexity index is 754.